The average molecular weight is 566 g/mol. The van der Waals surface area contributed by atoms with Crippen molar-refractivity contribution in [2.45, 2.75) is 24.1 Å². The van der Waals surface area contributed by atoms with Crippen LogP contribution in [0.2, 0.25) is 0 Å². The van der Waals surface area contributed by atoms with Crippen molar-refractivity contribution in [3.8, 4) is 23.0 Å². The van der Waals surface area contributed by atoms with Crippen LogP contribution in [0.4, 0.5) is 4.79 Å². The molecule has 1 aliphatic rings. The van der Waals surface area contributed by atoms with Crippen LogP contribution in [0.3, 0.4) is 0 Å². The van der Waals surface area contributed by atoms with E-state index < -0.39 is 22.4 Å². The van der Waals surface area contributed by atoms with E-state index in [4.69, 9.17) is 18.9 Å². The lowest BCUT2D eigenvalue weighted by atomic mass is 9.99. The molecule has 0 spiro atoms. The molecule has 1 aromatic heterocycles. The Hall–Kier alpha value is -4.55. The summed E-state index contributed by atoms with van der Waals surface area (Å²) in [6.07, 6.45) is 2.64. The molecule has 0 fully saturated rings. The predicted octanol–water partition coefficient (Wildman–Crippen LogP) is 4.70. The van der Waals surface area contributed by atoms with E-state index in [2.05, 4.69) is 4.98 Å². The lowest BCUT2D eigenvalue weighted by molar-refractivity contribution is -0.00579. The van der Waals surface area contributed by atoms with Crippen molar-refractivity contribution < 1.29 is 37.3 Å². The predicted molar refractivity (Wildman–Crippen MR) is 143 cm³/mol. The molecule has 1 unspecified atom stereocenters. The topological polar surface area (TPSA) is 129 Å². The molecule has 12 heteroatoms. The van der Waals surface area contributed by atoms with E-state index in [1.807, 2.05) is 10.8 Å². The Morgan fingerprint density at radius 3 is 2.33 bits per heavy atom. The summed E-state index contributed by atoms with van der Waals surface area (Å²) in [6, 6.07) is 18.0. The van der Waals surface area contributed by atoms with Gasteiger partial charge in [0, 0.05) is 24.5 Å². The van der Waals surface area contributed by atoms with Crippen molar-refractivity contribution >= 4 is 16.2 Å². The Labute approximate surface area is 231 Å². The molecule has 0 saturated carbocycles. The first-order valence-electron chi connectivity index (χ1n) is 12.4. The molecule has 1 aliphatic heterocycles. The lowest BCUT2D eigenvalue weighted by Crippen LogP contribution is -2.41. The van der Waals surface area contributed by atoms with Crippen LogP contribution in [0.25, 0.3) is 0 Å². The number of fused-ring (bicyclic) bond motifs is 1. The molecule has 1 N–H and O–H groups in total. The number of imidazole rings is 1. The Balaban J connectivity index is 1.32. The quantitative estimate of drug-likeness (QED) is 0.272. The molecular weight excluding hydrogens is 538 g/mol. The number of aromatic nitrogens is 2. The molecular formula is C28H27N3O8S. The normalized spacial score (nSPS) is 15.2. The summed E-state index contributed by atoms with van der Waals surface area (Å²) < 4.78 is 52.0. The van der Waals surface area contributed by atoms with Gasteiger partial charge in [0.05, 0.1) is 24.9 Å². The molecule has 1 atom stereocenters. The van der Waals surface area contributed by atoms with E-state index in [0.717, 1.165) is 9.87 Å². The first-order valence-corrected chi connectivity index (χ1v) is 13.8. The molecule has 0 saturated heterocycles. The fourth-order valence-electron chi connectivity index (χ4n) is 4.38. The number of carbonyl (C=O) groups is 1. The van der Waals surface area contributed by atoms with Gasteiger partial charge < -0.3 is 28.6 Å². The first kappa shape index (κ1) is 27.0. The van der Waals surface area contributed by atoms with Gasteiger partial charge in [-0.05, 0) is 78.7 Å². The largest absolute Gasteiger partial charge is 0.507 e. The zero-order valence-electron chi connectivity index (χ0n) is 21.5. The number of sulfonamides is 1. The summed E-state index contributed by atoms with van der Waals surface area (Å²) in [6.45, 7) is 1.04. The maximum Gasteiger partial charge on any atom is 0.507 e. The zero-order valence-corrected chi connectivity index (χ0v) is 22.4. The van der Waals surface area contributed by atoms with Gasteiger partial charge in [0.2, 0.25) is 10.0 Å². The van der Waals surface area contributed by atoms with Gasteiger partial charge in [0.15, 0.2) is 6.23 Å². The van der Waals surface area contributed by atoms with Crippen molar-refractivity contribution in [3.05, 3.63) is 96.6 Å². The van der Waals surface area contributed by atoms with Crippen LogP contribution in [-0.2, 0) is 27.7 Å². The highest BCUT2D eigenvalue weighted by Gasteiger charge is 2.39. The Morgan fingerprint density at radius 2 is 1.68 bits per heavy atom. The zero-order chi connectivity index (χ0) is 28.1. The Morgan fingerprint density at radius 1 is 1.00 bits per heavy atom. The smallest absolute Gasteiger partial charge is 0.497 e. The summed E-state index contributed by atoms with van der Waals surface area (Å²) in [5, 5.41) is 9.42. The summed E-state index contributed by atoms with van der Waals surface area (Å²) in [4.78, 5) is 15.5. The molecule has 0 amide bonds. The SMILES string of the molecule is COc1ccc(Oc2ccc(S(=O)(=O)N3CCc4cc(OCCn5ccnc5)ccc4C3OC(=O)O)cc2)cc1. The van der Waals surface area contributed by atoms with Crippen LogP contribution in [-0.4, -0.2) is 53.8 Å². The molecule has 4 aromatic rings. The molecule has 11 nitrogen and oxygen atoms in total. The Kier molecular flexibility index (Phi) is 7.89. The molecule has 2 heterocycles. The van der Waals surface area contributed by atoms with Gasteiger partial charge in [0.25, 0.3) is 0 Å². The maximum atomic E-state index is 13.6. The van der Waals surface area contributed by atoms with E-state index in [0.29, 0.717) is 48.1 Å². The van der Waals surface area contributed by atoms with E-state index in [-0.39, 0.29) is 11.4 Å². The first-order chi connectivity index (χ1) is 19.3. The molecule has 5 rings (SSSR count). The van der Waals surface area contributed by atoms with Gasteiger partial charge in [-0.1, -0.05) is 0 Å². The number of hydrogen-bond donors (Lipinski definition) is 1. The molecule has 0 aliphatic carbocycles. The van der Waals surface area contributed by atoms with Crippen molar-refractivity contribution in [3.63, 3.8) is 0 Å². The fraction of sp³-hybridized carbons (Fsp3) is 0.214. The fourth-order valence-corrected chi connectivity index (χ4v) is 5.87. The summed E-state index contributed by atoms with van der Waals surface area (Å²) in [5.74, 6) is 2.28. The second-order valence-corrected chi connectivity index (χ2v) is 10.8. The summed E-state index contributed by atoms with van der Waals surface area (Å²) in [5.41, 5.74) is 1.19. The minimum Gasteiger partial charge on any atom is -0.497 e. The van der Waals surface area contributed by atoms with Gasteiger partial charge in [0.1, 0.15) is 29.6 Å². The van der Waals surface area contributed by atoms with Crippen LogP contribution in [0, 0.1) is 0 Å². The molecule has 208 valence electrons. The lowest BCUT2D eigenvalue weighted by Gasteiger charge is -2.35. The molecule has 3 aromatic carbocycles. The van der Waals surface area contributed by atoms with Gasteiger partial charge in [-0.3, -0.25) is 0 Å². The number of methoxy groups -OCH3 is 1. The number of carboxylic acid groups (broad SMARTS) is 1. The van der Waals surface area contributed by atoms with Gasteiger partial charge in [-0.15, -0.1) is 0 Å². The third kappa shape index (κ3) is 6.03. The highest BCUT2D eigenvalue weighted by Crippen LogP contribution is 2.37. The highest BCUT2D eigenvalue weighted by atomic mass is 32.2. The molecule has 0 bridgehead atoms. The number of rotatable bonds is 10. The van der Waals surface area contributed by atoms with E-state index in [1.165, 1.54) is 24.3 Å². The number of benzene rings is 3. The second kappa shape index (κ2) is 11.7. The van der Waals surface area contributed by atoms with E-state index in [9.17, 15) is 18.3 Å². The van der Waals surface area contributed by atoms with Gasteiger partial charge in [-0.2, -0.15) is 4.31 Å². The third-order valence-electron chi connectivity index (χ3n) is 6.36. The molecule has 40 heavy (non-hydrogen) atoms. The van der Waals surface area contributed by atoms with Crippen molar-refractivity contribution in [1.82, 2.24) is 13.9 Å². The maximum absolute atomic E-state index is 13.6. The van der Waals surface area contributed by atoms with E-state index >= 15 is 0 Å². The van der Waals surface area contributed by atoms with Crippen molar-refractivity contribution in [1.29, 1.82) is 0 Å². The summed E-state index contributed by atoms with van der Waals surface area (Å²) in [7, 11) is -2.55. The van der Waals surface area contributed by atoms with Crippen molar-refractivity contribution in [2.75, 3.05) is 20.3 Å². The van der Waals surface area contributed by atoms with Gasteiger partial charge >= 0.3 is 6.16 Å². The highest BCUT2D eigenvalue weighted by molar-refractivity contribution is 7.89. The van der Waals surface area contributed by atoms with E-state index in [1.54, 1.807) is 62.1 Å². The number of hydrogen-bond acceptors (Lipinski definition) is 8. The van der Waals surface area contributed by atoms with Crippen LogP contribution in [0.5, 0.6) is 23.0 Å². The number of nitrogens with zero attached hydrogens (tertiary/aromatic N) is 3. The number of ether oxygens (including phenoxy) is 4. The van der Waals surface area contributed by atoms with Crippen LogP contribution in [0.15, 0.2) is 90.3 Å². The standard InChI is InChI=1S/C28H27N3O8S/c1-36-21-2-4-22(5-3-21)38-23-6-9-25(10-7-23)40(34,35)31-14-12-20-18-24(37-17-16-30-15-13-29-19-30)8-11-26(20)27(31)39-28(32)33/h2-11,13,15,18-19,27H,12,14,16-17H2,1H3,(H,32,33). The second-order valence-electron chi connectivity index (χ2n) is 8.86. The minimum atomic E-state index is -4.11. The molecule has 0 radical (unpaired) electrons. The van der Waals surface area contributed by atoms with Gasteiger partial charge in [-0.25, -0.2) is 18.2 Å². The Bertz CT molecular complexity index is 1560. The monoisotopic (exact) mass is 565 g/mol. The summed E-state index contributed by atoms with van der Waals surface area (Å²) >= 11 is 0. The minimum absolute atomic E-state index is 0.0172. The average Bonchev–Trinajstić information content (AvgIpc) is 3.47. The van der Waals surface area contributed by atoms with Crippen molar-refractivity contribution in [2.24, 2.45) is 0 Å². The van der Waals surface area contributed by atoms with Crippen LogP contribution < -0.4 is 14.2 Å². The van der Waals surface area contributed by atoms with Crippen LogP contribution >= 0.6 is 0 Å². The third-order valence-corrected chi connectivity index (χ3v) is 8.22. The van der Waals surface area contributed by atoms with Crippen LogP contribution in [0.1, 0.15) is 17.4 Å².